The van der Waals surface area contributed by atoms with Gasteiger partial charge in [-0.05, 0) is 103 Å². The number of rotatable bonds is 9. The molecule has 2 aliphatic heterocycles. The van der Waals surface area contributed by atoms with Crippen molar-refractivity contribution < 1.29 is 23.9 Å². The molecule has 8 aromatic rings. The first-order valence-corrected chi connectivity index (χ1v) is 25.7. The molecule has 0 aliphatic carbocycles. The summed E-state index contributed by atoms with van der Waals surface area (Å²) in [6, 6.07) is 18.3. The number of ether oxygens (including phenoxy) is 2. The van der Waals surface area contributed by atoms with Gasteiger partial charge in [-0.15, -0.1) is 22.7 Å². The highest BCUT2D eigenvalue weighted by atomic mass is 32.1. The molecule has 0 spiro atoms. The lowest BCUT2D eigenvalue weighted by Gasteiger charge is -2.34. The molecule has 0 radical (unpaired) electrons. The smallest absolute Gasteiger partial charge is 0.410 e. The van der Waals surface area contributed by atoms with Gasteiger partial charge in [0, 0.05) is 84.9 Å². The molecule has 2 atom stereocenters. The normalized spacial score (nSPS) is 15.9. The highest BCUT2D eigenvalue weighted by Gasteiger charge is 2.30. The third-order valence-corrected chi connectivity index (χ3v) is 13.3. The van der Waals surface area contributed by atoms with Gasteiger partial charge < -0.3 is 41.8 Å². The van der Waals surface area contributed by atoms with Crippen molar-refractivity contribution in [3.63, 3.8) is 0 Å². The fourth-order valence-corrected chi connectivity index (χ4v) is 10.1. The number of imidazole rings is 2. The van der Waals surface area contributed by atoms with Crippen molar-refractivity contribution in [2.75, 3.05) is 36.8 Å². The van der Waals surface area contributed by atoms with Crippen LogP contribution < -0.4 is 22.5 Å². The summed E-state index contributed by atoms with van der Waals surface area (Å²) in [5, 5.41) is 10.8. The van der Waals surface area contributed by atoms with E-state index in [1.807, 2.05) is 110 Å². The molecule has 8 heterocycles. The monoisotopic (exact) mass is 1040 g/mol. The molecule has 74 heavy (non-hydrogen) atoms. The highest BCUT2D eigenvalue weighted by molar-refractivity contribution is 7.15. The molecule has 2 aromatic carbocycles. The number of aromatic nitrogens is 8. The van der Waals surface area contributed by atoms with Gasteiger partial charge in [0.1, 0.15) is 22.6 Å². The molecular weight excluding hydrogens is 979 g/mol. The second kappa shape index (κ2) is 22.0. The van der Waals surface area contributed by atoms with Crippen molar-refractivity contribution in [3.05, 3.63) is 113 Å². The Bertz CT molecular complexity index is 3340. The average molecular weight is 1040 g/mol. The summed E-state index contributed by atoms with van der Waals surface area (Å²) in [5.74, 6) is 0.469. The minimum Gasteiger partial charge on any atom is -0.444 e. The summed E-state index contributed by atoms with van der Waals surface area (Å²) < 4.78 is 15.1. The Morgan fingerprint density at radius 3 is 1.62 bits per heavy atom. The summed E-state index contributed by atoms with van der Waals surface area (Å²) >= 11 is 3.06. The first-order valence-electron chi connectivity index (χ1n) is 23.9. The van der Waals surface area contributed by atoms with Gasteiger partial charge in [0.25, 0.3) is 0 Å². The number of nitrogens with two attached hydrogens (primary N) is 1. The van der Waals surface area contributed by atoms with E-state index in [4.69, 9.17) is 41.7 Å². The van der Waals surface area contributed by atoms with Gasteiger partial charge in [-0.3, -0.25) is 13.6 Å². The quantitative estimate of drug-likeness (QED) is 0.0982. The SMILES string of the molecule is CC(C)(C)OC(=O)N1CCC[C@@H](Nc2nccc(-c3c(-c4cccc(C(N)=O)c4)nc4sccn34)n2)C1.N.[C-]#[N+]c1cccc(-c2nc3sccn3c2-c2ccnc(N[C@@H]3CCCN(C(=O)OC(C)(C)C)C3)n2)c1. The van der Waals surface area contributed by atoms with Gasteiger partial charge in [0.15, 0.2) is 15.6 Å². The van der Waals surface area contributed by atoms with E-state index in [9.17, 15) is 14.4 Å². The molecule has 384 valence electrons. The summed E-state index contributed by atoms with van der Waals surface area (Å²) in [6.07, 6.45) is 10.3. The standard InChI is InChI=1S/C26H29N7O3S.C26H27N7O2S.H3N/c1-26(2,3)36-25(35)32-11-5-8-18(15-32)29-23-28-10-9-19(30-23)21-20(31-24-33(21)12-13-37-24)16-6-4-7-17(14-16)22(27)34;1-26(2,3)35-25(34)32-12-6-9-19(16-32)29-23-28-11-10-20(30-23)22-21(31-24-33(22)13-14-36-24)17-7-5-8-18(15-17)27-4;/h4,6-7,9-10,12-14,18H,5,8,11,15H2,1-3H3,(H2,27,34)(H,28,29,30);5,7-8,10-11,13-15,19H,6,9,12,16H2,1-3H3,(H,28,29,30);1H3/t18-;19-;/m11./s1. The van der Waals surface area contributed by atoms with E-state index in [1.165, 1.54) is 11.3 Å². The van der Waals surface area contributed by atoms with Crippen molar-refractivity contribution >= 4 is 68.3 Å². The Hall–Kier alpha value is -8.00. The Kier molecular flexibility index (Phi) is 15.6. The lowest BCUT2D eigenvalue weighted by molar-refractivity contribution is 0.0196. The Balaban J connectivity index is 0.000000194. The van der Waals surface area contributed by atoms with Crippen molar-refractivity contribution in [1.82, 2.24) is 54.7 Å². The number of carbonyl (C=O) groups excluding carboxylic acids is 3. The number of anilines is 2. The van der Waals surface area contributed by atoms with Crippen LogP contribution in [0.25, 0.3) is 60.1 Å². The van der Waals surface area contributed by atoms with Crippen molar-refractivity contribution in [2.24, 2.45) is 5.73 Å². The number of benzene rings is 2. The van der Waals surface area contributed by atoms with E-state index in [0.717, 1.165) is 69.5 Å². The predicted octanol–water partition coefficient (Wildman–Crippen LogP) is 10.5. The number of likely N-dealkylation sites (tertiary alicyclic amines) is 2. The molecule has 0 bridgehead atoms. The predicted molar refractivity (Wildman–Crippen MR) is 288 cm³/mol. The summed E-state index contributed by atoms with van der Waals surface area (Å²) in [7, 11) is 0. The second-order valence-electron chi connectivity index (χ2n) is 19.7. The fraction of sp³-hybridized carbons (Fsp3) is 0.346. The Morgan fingerprint density at radius 2 is 1.16 bits per heavy atom. The van der Waals surface area contributed by atoms with Crippen LogP contribution in [0.4, 0.5) is 27.2 Å². The van der Waals surface area contributed by atoms with Crippen LogP contribution in [0.1, 0.15) is 77.6 Å². The maximum absolute atomic E-state index is 12.6. The minimum absolute atomic E-state index is 0. The number of thiazole rings is 2. The number of amides is 3. The lowest BCUT2D eigenvalue weighted by atomic mass is 10.0. The van der Waals surface area contributed by atoms with Crippen LogP contribution in [0.3, 0.4) is 0 Å². The van der Waals surface area contributed by atoms with Crippen LogP contribution in [-0.4, -0.2) is 116 Å². The number of fused-ring (bicyclic) bond motifs is 2. The second-order valence-corrected chi connectivity index (χ2v) is 21.4. The average Bonchev–Trinajstić information content (AvgIpc) is 4.17. The van der Waals surface area contributed by atoms with Crippen LogP contribution in [0, 0.1) is 6.57 Å². The number of nitrogens with one attached hydrogen (secondary N) is 2. The number of piperidine rings is 2. The first kappa shape index (κ1) is 52.3. The number of hydrogen-bond donors (Lipinski definition) is 4. The summed E-state index contributed by atoms with van der Waals surface area (Å²) in [4.78, 5) is 73.7. The maximum Gasteiger partial charge on any atom is 0.410 e. The molecule has 0 saturated carbocycles. The number of primary amides is 1. The molecule has 2 saturated heterocycles. The number of nitrogens with zero attached hydrogens (tertiary/aromatic N) is 11. The van der Waals surface area contributed by atoms with Crippen LogP contribution in [0.2, 0.25) is 0 Å². The van der Waals surface area contributed by atoms with Crippen LogP contribution >= 0.6 is 22.7 Å². The largest absolute Gasteiger partial charge is 0.444 e. The molecule has 2 aliphatic rings. The molecule has 7 N–H and O–H groups in total. The molecule has 22 heteroatoms. The van der Waals surface area contributed by atoms with E-state index in [1.54, 1.807) is 57.8 Å². The van der Waals surface area contributed by atoms with E-state index < -0.39 is 17.1 Å². The molecule has 20 nitrogen and oxygen atoms in total. The van der Waals surface area contributed by atoms with Crippen LogP contribution in [0.5, 0.6) is 0 Å². The molecular formula is C52H59N15O5S2. The minimum atomic E-state index is -0.540. The third-order valence-electron chi connectivity index (χ3n) is 11.8. The Labute approximate surface area is 436 Å². The zero-order valence-corrected chi connectivity index (χ0v) is 43.7. The first-order chi connectivity index (χ1) is 35.0. The topological polar surface area (TPSA) is 252 Å². The van der Waals surface area contributed by atoms with E-state index >= 15 is 0 Å². The van der Waals surface area contributed by atoms with Crippen molar-refractivity contribution in [2.45, 2.75) is 90.5 Å². The van der Waals surface area contributed by atoms with Gasteiger partial charge in [-0.25, -0.2) is 44.3 Å². The molecule has 6 aromatic heterocycles. The number of hydrogen-bond acceptors (Lipinski definition) is 16. The lowest BCUT2D eigenvalue weighted by Crippen LogP contribution is -2.47. The van der Waals surface area contributed by atoms with Crippen LogP contribution in [-0.2, 0) is 9.47 Å². The molecule has 10 rings (SSSR count). The fourth-order valence-electron chi connectivity index (χ4n) is 8.67. The Morgan fingerprint density at radius 1 is 0.689 bits per heavy atom. The van der Waals surface area contributed by atoms with Gasteiger partial charge in [0.2, 0.25) is 17.8 Å². The number of carbonyl (C=O) groups is 3. The molecule has 0 unspecified atom stereocenters. The summed E-state index contributed by atoms with van der Waals surface area (Å²) in [6.45, 7) is 21.0. The summed E-state index contributed by atoms with van der Waals surface area (Å²) in [5.41, 5.74) is 11.6. The van der Waals surface area contributed by atoms with Crippen LogP contribution in [0.15, 0.2) is 96.2 Å². The van der Waals surface area contributed by atoms with Crippen molar-refractivity contribution in [1.29, 1.82) is 0 Å². The van der Waals surface area contributed by atoms with Gasteiger partial charge in [-0.2, -0.15) is 0 Å². The van der Waals surface area contributed by atoms with Gasteiger partial charge >= 0.3 is 12.2 Å². The van der Waals surface area contributed by atoms with E-state index in [0.29, 0.717) is 60.7 Å². The maximum atomic E-state index is 12.6. The zero-order chi connectivity index (χ0) is 51.4. The molecule has 2 fully saturated rings. The van der Waals surface area contributed by atoms with E-state index in [2.05, 4.69) is 25.4 Å². The highest BCUT2D eigenvalue weighted by Crippen LogP contribution is 2.36. The van der Waals surface area contributed by atoms with Gasteiger partial charge in [-0.1, -0.05) is 30.3 Å². The third kappa shape index (κ3) is 12.2. The van der Waals surface area contributed by atoms with E-state index in [-0.39, 0.29) is 30.4 Å². The van der Waals surface area contributed by atoms with Crippen molar-refractivity contribution in [3.8, 4) is 45.3 Å². The van der Waals surface area contributed by atoms with Gasteiger partial charge in [0.05, 0.1) is 29.3 Å². The zero-order valence-electron chi connectivity index (χ0n) is 42.1. The molecule has 3 amide bonds.